The second-order valence-corrected chi connectivity index (χ2v) is 1.36. The van der Waals surface area contributed by atoms with Crippen LogP contribution in [0.3, 0.4) is 0 Å². The maximum absolute atomic E-state index is 10.2. The van der Waals surface area contributed by atoms with Gasteiger partial charge < -0.3 is 9.47 Å². The van der Waals surface area contributed by atoms with Crippen molar-refractivity contribution in [3.63, 3.8) is 0 Å². The SMILES string of the molecule is C.C.COC(=O)COC(C)=O. The van der Waals surface area contributed by atoms with E-state index in [9.17, 15) is 9.59 Å². The van der Waals surface area contributed by atoms with Crippen molar-refractivity contribution in [2.24, 2.45) is 0 Å². The molecule has 11 heavy (non-hydrogen) atoms. The first kappa shape index (κ1) is 16.5. The Labute approximate surface area is 67.5 Å². The third kappa shape index (κ3) is 12.2. The number of carbonyl (C=O) groups is 2. The summed E-state index contributed by atoms with van der Waals surface area (Å²) < 4.78 is 8.47. The van der Waals surface area contributed by atoms with Crippen LogP contribution in [0.15, 0.2) is 0 Å². The van der Waals surface area contributed by atoms with Crippen LogP contribution in [0, 0.1) is 0 Å². The zero-order valence-electron chi connectivity index (χ0n) is 5.34. The van der Waals surface area contributed by atoms with Crippen LogP contribution in [0.1, 0.15) is 21.8 Å². The molecule has 0 amide bonds. The van der Waals surface area contributed by atoms with Crippen molar-refractivity contribution in [2.75, 3.05) is 13.7 Å². The number of rotatable bonds is 2. The van der Waals surface area contributed by atoms with Crippen LogP contribution in [0.2, 0.25) is 0 Å². The van der Waals surface area contributed by atoms with Crippen LogP contribution >= 0.6 is 0 Å². The lowest BCUT2D eigenvalue weighted by Gasteiger charge is -1.97. The quantitative estimate of drug-likeness (QED) is 0.571. The number of carbonyl (C=O) groups excluding carboxylic acids is 2. The van der Waals surface area contributed by atoms with E-state index >= 15 is 0 Å². The molecule has 0 unspecified atom stereocenters. The van der Waals surface area contributed by atoms with E-state index < -0.39 is 11.9 Å². The maximum Gasteiger partial charge on any atom is 0.344 e. The largest absolute Gasteiger partial charge is 0.466 e. The minimum atomic E-state index is -0.551. The minimum Gasteiger partial charge on any atom is -0.466 e. The molecule has 0 aliphatic carbocycles. The summed E-state index contributed by atoms with van der Waals surface area (Å²) in [5, 5.41) is 0. The van der Waals surface area contributed by atoms with E-state index in [1.165, 1.54) is 14.0 Å². The second-order valence-electron chi connectivity index (χ2n) is 1.36. The first-order chi connectivity index (χ1) is 4.16. The maximum atomic E-state index is 10.2. The number of hydrogen-bond acceptors (Lipinski definition) is 4. The molecule has 4 heteroatoms. The van der Waals surface area contributed by atoms with Gasteiger partial charge in [0, 0.05) is 6.92 Å². The van der Waals surface area contributed by atoms with Gasteiger partial charge in [0.1, 0.15) is 0 Å². The molecular formula is C7H16O4. The Morgan fingerprint density at radius 1 is 1.27 bits per heavy atom. The lowest BCUT2D eigenvalue weighted by molar-refractivity contribution is -0.155. The zero-order chi connectivity index (χ0) is 7.28. The third-order valence-corrected chi connectivity index (χ3v) is 0.621. The van der Waals surface area contributed by atoms with Gasteiger partial charge >= 0.3 is 11.9 Å². The van der Waals surface area contributed by atoms with Gasteiger partial charge in [0.25, 0.3) is 0 Å². The highest BCUT2D eigenvalue weighted by Crippen LogP contribution is 1.78. The molecule has 68 valence electrons. The van der Waals surface area contributed by atoms with E-state index in [1.54, 1.807) is 0 Å². The molecule has 0 rings (SSSR count). The van der Waals surface area contributed by atoms with Gasteiger partial charge in [-0.2, -0.15) is 0 Å². The lowest BCUT2D eigenvalue weighted by atomic mass is 10.7. The van der Waals surface area contributed by atoms with Crippen molar-refractivity contribution in [2.45, 2.75) is 21.8 Å². The van der Waals surface area contributed by atoms with E-state index in [2.05, 4.69) is 9.47 Å². The summed E-state index contributed by atoms with van der Waals surface area (Å²) in [6, 6.07) is 0. The Morgan fingerprint density at radius 3 is 2.00 bits per heavy atom. The highest BCUT2D eigenvalue weighted by atomic mass is 16.6. The van der Waals surface area contributed by atoms with Gasteiger partial charge in [-0.25, -0.2) is 4.79 Å². The molecule has 0 aromatic rings. The fraction of sp³-hybridized carbons (Fsp3) is 0.714. The average molecular weight is 164 g/mol. The lowest BCUT2D eigenvalue weighted by Crippen LogP contribution is -2.12. The smallest absolute Gasteiger partial charge is 0.344 e. The van der Waals surface area contributed by atoms with E-state index in [-0.39, 0.29) is 21.5 Å². The zero-order valence-corrected chi connectivity index (χ0v) is 5.34. The molecule has 0 saturated carbocycles. The van der Waals surface area contributed by atoms with Crippen LogP contribution < -0.4 is 0 Å². The molecule has 0 atom stereocenters. The summed E-state index contributed by atoms with van der Waals surface area (Å²) in [4.78, 5) is 20.3. The third-order valence-electron chi connectivity index (χ3n) is 0.621. The Kier molecular flexibility index (Phi) is 13.4. The standard InChI is InChI=1S/C5H8O4.2CH4/c1-4(6)9-3-5(7)8-2;;/h3H2,1-2H3;2*1H4. The number of methoxy groups -OCH3 is 1. The molecule has 0 bridgehead atoms. The molecule has 0 aliphatic heterocycles. The average Bonchev–Trinajstić information content (AvgIpc) is 1.83. The van der Waals surface area contributed by atoms with Gasteiger partial charge in [-0.15, -0.1) is 0 Å². The minimum absolute atomic E-state index is 0. The summed E-state index contributed by atoms with van der Waals surface area (Å²) >= 11 is 0. The fourth-order valence-electron chi connectivity index (χ4n) is 0.219. The van der Waals surface area contributed by atoms with Crippen LogP contribution in [0.5, 0.6) is 0 Å². The van der Waals surface area contributed by atoms with Crippen molar-refractivity contribution >= 4 is 11.9 Å². The molecule has 0 N–H and O–H groups in total. The summed E-state index contributed by atoms with van der Waals surface area (Å²) in [6.45, 7) is 0.925. The summed E-state index contributed by atoms with van der Waals surface area (Å²) in [6.07, 6.45) is 0. The molecule has 0 spiro atoms. The topological polar surface area (TPSA) is 52.6 Å². The van der Waals surface area contributed by atoms with Crippen molar-refractivity contribution in [1.82, 2.24) is 0 Å². The van der Waals surface area contributed by atoms with E-state index in [0.29, 0.717) is 0 Å². The molecule has 0 fully saturated rings. The normalized spacial score (nSPS) is 6.73. The van der Waals surface area contributed by atoms with Crippen molar-refractivity contribution in [1.29, 1.82) is 0 Å². The predicted octanol–water partition coefficient (Wildman–Crippen LogP) is 0.995. The molecule has 0 radical (unpaired) electrons. The molecule has 4 nitrogen and oxygen atoms in total. The number of hydrogen-bond donors (Lipinski definition) is 0. The van der Waals surface area contributed by atoms with Crippen molar-refractivity contribution < 1.29 is 19.1 Å². The fourth-order valence-corrected chi connectivity index (χ4v) is 0.219. The van der Waals surface area contributed by atoms with Gasteiger partial charge in [0.05, 0.1) is 7.11 Å². The predicted molar refractivity (Wildman–Crippen MR) is 42.1 cm³/mol. The first-order valence-electron chi connectivity index (χ1n) is 2.37. The molecule has 0 aromatic carbocycles. The van der Waals surface area contributed by atoms with Crippen LogP contribution in [0.4, 0.5) is 0 Å². The molecule has 0 saturated heterocycles. The summed E-state index contributed by atoms with van der Waals surface area (Å²) in [5.74, 6) is -1.04. The van der Waals surface area contributed by atoms with E-state index in [1.807, 2.05) is 0 Å². The van der Waals surface area contributed by atoms with Crippen molar-refractivity contribution in [3.05, 3.63) is 0 Å². The Balaban J connectivity index is -0.000000320. The van der Waals surface area contributed by atoms with Gasteiger partial charge in [0.2, 0.25) is 0 Å². The van der Waals surface area contributed by atoms with Crippen LogP contribution in [-0.4, -0.2) is 25.7 Å². The molecule has 0 aliphatic rings. The van der Waals surface area contributed by atoms with Gasteiger partial charge in [-0.1, -0.05) is 14.9 Å². The first-order valence-corrected chi connectivity index (χ1v) is 2.37. The number of ether oxygens (including phenoxy) is 2. The monoisotopic (exact) mass is 164 g/mol. The molecule has 0 heterocycles. The number of esters is 2. The Hall–Kier alpha value is -1.06. The summed E-state index contributed by atoms with van der Waals surface area (Å²) in [5.41, 5.74) is 0. The highest BCUT2D eigenvalue weighted by Gasteiger charge is 2.00. The van der Waals surface area contributed by atoms with Crippen molar-refractivity contribution in [3.8, 4) is 0 Å². The van der Waals surface area contributed by atoms with Crippen LogP contribution in [0.25, 0.3) is 0 Å². The molecular weight excluding hydrogens is 148 g/mol. The second kappa shape index (κ2) is 8.94. The van der Waals surface area contributed by atoms with E-state index in [0.717, 1.165) is 0 Å². The van der Waals surface area contributed by atoms with Gasteiger partial charge in [-0.3, -0.25) is 4.79 Å². The van der Waals surface area contributed by atoms with Gasteiger partial charge in [0.15, 0.2) is 6.61 Å². The van der Waals surface area contributed by atoms with E-state index in [4.69, 9.17) is 0 Å². The Morgan fingerprint density at radius 2 is 1.73 bits per heavy atom. The molecule has 0 aromatic heterocycles. The van der Waals surface area contributed by atoms with Crippen LogP contribution in [-0.2, 0) is 19.1 Å². The Bertz CT molecular complexity index is 120. The summed E-state index contributed by atoms with van der Waals surface area (Å²) in [7, 11) is 1.23. The highest BCUT2D eigenvalue weighted by molar-refractivity contribution is 5.74. The van der Waals surface area contributed by atoms with Gasteiger partial charge in [-0.05, 0) is 0 Å².